The number of hydrogen-bond acceptors (Lipinski definition) is 5. The average Bonchev–Trinajstić information content (AvgIpc) is 2.86. The number of nitrogens with zero attached hydrogens (tertiary/aromatic N) is 2. The maximum Gasteiger partial charge on any atom is 0.249 e. The number of amides is 1. The minimum absolute atomic E-state index is 0.0871. The molecule has 2 heterocycles. The smallest absolute Gasteiger partial charge is 0.249 e. The normalized spacial score (nSPS) is 22.4. The molecule has 1 saturated heterocycles. The Kier molecular flexibility index (Phi) is 4.31. The molecule has 0 spiro atoms. The van der Waals surface area contributed by atoms with Crippen molar-refractivity contribution in [3.63, 3.8) is 0 Å². The van der Waals surface area contributed by atoms with Gasteiger partial charge in [-0.25, -0.2) is 9.97 Å². The van der Waals surface area contributed by atoms with Crippen LogP contribution in [0.3, 0.4) is 0 Å². The summed E-state index contributed by atoms with van der Waals surface area (Å²) >= 11 is 0. The topological polar surface area (TPSA) is 90.1 Å². The van der Waals surface area contributed by atoms with E-state index in [4.69, 9.17) is 10.5 Å². The van der Waals surface area contributed by atoms with Gasteiger partial charge in [-0.15, -0.1) is 0 Å². The number of aryl methyl sites for hydroxylation is 1. The predicted octanol–water partition coefficient (Wildman–Crippen LogP) is 0.941. The quantitative estimate of drug-likeness (QED) is 0.844. The minimum atomic E-state index is -0.336. The molecule has 0 saturated carbocycles. The molecule has 1 fully saturated rings. The summed E-state index contributed by atoms with van der Waals surface area (Å²) in [6, 6.07) is 0. The lowest BCUT2D eigenvalue weighted by Gasteiger charge is -2.13. The van der Waals surface area contributed by atoms with Crippen LogP contribution in [0.4, 0.5) is 5.82 Å². The van der Waals surface area contributed by atoms with Gasteiger partial charge in [0.2, 0.25) is 5.91 Å². The Morgan fingerprint density at radius 2 is 2.37 bits per heavy atom. The van der Waals surface area contributed by atoms with Crippen molar-refractivity contribution in [1.29, 1.82) is 0 Å². The third-order valence-electron chi connectivity index (χ3n) is 3.33. The Morgan fingerprint density at radius 3 is 3.00 bits per heavy atom. The summed E-state index contributed by atoms with van der Waals surface area (Å²) in [6.07, 6.45) is 4.19. The molecule has 1 aromatic rings. The maximum atomic E-state index is 11.9. The molecule has 1 aliphatic heterocycles. The molecule has 6 heteroatoms. The monoisotopic (exact) mass is 264 g/mol. The van der Waals surface area contributed by atoms with Gasteiger partial charge in [0.15, 0.2) is 0 Å². The number of aromatic nitrogens is 2. The number of hydrogen-bond donors (Lipinski definition) is 2. The van der Waals surface area contributed by atoms with Crippen molar-refractivity contribution in [1.82, 2.24) is 15.3 Å². The molecule has 19 heavy (non-hydrogen) atoms. The second kappa shape index (κ2) is 5.97. The molecule has 0 radical (unpaired) electrons. The van der Waals surface area contributed by atoms with Crippen LogP contribution in [-0.4, -0.2) is 28.1 Å². The van der Waals surface area contributed by atoms with Gasteiger partial charge in [-0.3, -0.25) is 4.79 Å². The van der Waals surface area contributed by atoms with E-state index < -0.39 is 0 Å². The van der Waals surface area contributed by atoms with E-state index in [1.165, 1.54) is 0 Å². The fourth-order valence-electron chi connectivity index (χ4n) is 2.14. The molecule has 0 bridgehead atoms. The van der Waals surface area contributed by atoms with Gasteiger partial charge in [-0.2, -0.15) is 0 Å². The Labute approximate surface area is 112 Å². The fraction of sp³-hybridized carbons (Fsp3) is 0.615. The first kappa shape index (κ1) is 13.7. The Hall–Kier alpha value is -1.69. The molecular formula is C13H20N4O2. The lowest BCUT2D eigenvalue weighted by Crippen LogP contribution is -2.34. The zero-order chi connectivity index (χ0) is 13.8. The van der Waals surface area contributed by atoms with Gasteiger partial charge in [0.1, 0.15) is 17.7 Å². The zero-order valence-corrected chi connectivity index (χ0v) is 11.3. The van der Waals surface area contributed by atoms with E-state index >= 15 is 0 Å². The number of nitrogens with two attached hydrogens (primary N) is 1. The van der Waals surface area contributed by atoms with Crippen molar-refractivity contribution >= 4 is 11.7 Å². The van der Waals surface area contributed by atoms with E-state index in [0.29, 0.717) is 18.2 Å². The number of carbonyl (C=O) groups excluding carboxylic acids is 1. The summed E-state index contributed by atoms with van der Waals surface area (Å²) < 4.78 is 5.64. The van der Waals surface area contributed by atoms with Crippen molar-refractivity contribution < 1.29 is 9.53 Å². The number of nitrogens with one attached hydrogen (secondary N) is 1. The van der Waals surface area contributed by atoms with E-state index in [-0.39, 0.29) is 18.1 Å². The number of anilines is 1. The third-order valence-corrected chi connectivity index (χ3v) is 3.33. The molecule has 2 unspecified atom stereocenters. The van der Waals surface area contributed by atoms with Gasteiger partial charge in [-0.1, -0.05) is 6.92 Å². The molecule has 3 N–H and O–H groups in total. The first-order valence-electron chi connectivity index (χ1n) is 6.61. The summed E-state index contributed by atoms with van der Waals surface area (Å²) in [5.74, 6) is 0.944. The fourth-order valence-corrected chi connectivity index (χ4v) is 2.14. The number of carbonyl (C=O) groups is 1. The Bertz CT molecular complexity index is 464. The third kappa shape index (κ3) is 3.41. The minimum Gasteiger partial charge on any atom is -0.383 e. The molecule has 6 nitrogen and oxygen atoms in total. The summed E-state index contributed by atoms with van der Waals surface area (Å²) in [5, 5.41) is 2.82. The van der Waals surface area contributed by atoms with Crippen LogP contribution in [0.5, 0.6) is 0 Å². The molecule has 1 aliphatic rings. The molecule has 0 aliphatic carbocycles. The van der Waals surface area contributed by atoms with Gasteiger partial charge in [0, 0.05) is 18.3 Å². The van der Waals surface area contributed by atoms with Gasteiger partial charge >= 0.3 is 0 Å². The van der Waals surface area contributed by atoms with Crippen molar-refractivity contribution in [2.75, 3.05) is 5.73 Å². The molecule has 2 rings (SSSR count). The number of nitrogen functional groups attached to an aromatic ring is 1. The standard InChI is InChI=1S/C13H20N4O2/c1-3-10-4-5-11(19-10)13(18)16-7-9-6-15-8(2)17-12(9)14/h6,10-11H,3-5,7H2,1-2H3,(H,16,18)(H2,14,15,17). The van der Waals surface area contributed by atoms with E-state index in [9.17, 15) is 4.79 Å². The molecule has 1 amide bonds. The lowest BCUT2D eigenvalue weighted by atomic mass is 10.1. The van der Waals surface area contributed by atoms with E-state index in [0.717, 1.165) is 24.8 Å². The molecular weight excluding hydrogens is 244 g/mol. The Morgan fingerprint density at radius 1 is 1.58 bits per heavy atom. The molecule has 1 aromatic heterocycles. The van der Waals surface area contributed by atoms with Crippen LogP contribution in [0.1, 0.15) is 37.6 Å². The second-order valence-corrected chi connectivity index (χ2v) is 4.78. The van der Waals surface area contributed by atoms with Crippen LogP contribution in [0, 0.1) is 6.92 Å². The summed E-state index contributed by atoms with van der Waals surface area (Å²) in [7, 11) is 0. The van der Waals surface area contributed by atoms with Gasteiger partial charge in [-0.05, 0) is 26.2 Å². The Balaban J connectivity index is 1.87. The highest BCUT2D eigenvalue weighted by atomic mass is 16.5. The van der Waals surface area contributed by atoms with Gasteiger partial charge in [0.25, 0.3) is 0 Å². The van der Waals surface area contributed by atoms with E-state index in [1.807, 2.05) is 0 Å². The van der Waals surface area contributed by atoms with E-state index in [1.54, 1.807) is 13.1 Å². The maximum absolute atomic E-state index is 11.9. The van der Waals surface area contributed by atoms with Crippen LogP contribution in [0.15, 0.2) is 6.20 Å². The molecule has 0 aromatic carbocycles. The molecule has 2 atom stereocenters. The van der Waals surface area contributed by atoms with Gasteiger partial charge < -0.3 is 15.8 Å². The first-order valence-corrected chi connectivity index (χ1v) is 6.61. The number of ether oxygens (including phenoxy) is 1. The van der Waals surface area contributed by atoms with Crippen molar-refractivity contribution in [3.05, 3.63) is 17.6 Å². The van der Waals surface area contributed by atoms with Crippen molar-refractivity contribution in [2.45, 2.75) is 51.9 Å². The zero-order valence-electron chi connectivity index (χ0n) is 11.3. The van der Waals surface area contributed by atoms with Crippen LogP contribution in [-0.2, 0) is 16.1 Å². The second-order valence-electron chi connectivity index (χ2n) is 4.78. The highest BCUT2D eigenvalue weighted by molar-refractivity contribution is 5.81. The number of rotatable bonds is 4. The largest absolute Gasteiger partial charge is 0.383 e. The lowest BCUT2D eigenvalue weighted by molar-refractivity contribution is -0.132. The predicted molar refractivity (Wildman–Crippen MR) is 71.2 cm³/mol. The van der Waals surface area contributed by atoms with Gasteiger partial charge in [0.05, 0.1) is 6.10 Å². The van der Waals surface area contributed by atoms with Crippen LogP contribution in [0.25, 0.3) is 0 Å². The highest BCUT2D eigenvalue weighted by Crippen LogP contribution is 2.22. The van der Waals surface area contributed by atoms with Crippen molar-refractivity contribution in [2.24, 2.45) is 0 Å². The highest BCUT2D eigenvalue weighted by Gasteiger charge is 2.29. The average molecular weight is 264 g/mol. The van der Waals surface area contributed by atoms with Crippen LogP contribution in [0.2, 0.25) is 0 Å². The summed E-state index contributed by atoms with van der Waals surface area (Å²) in [6.45, 7) is 4.17. The van der Waals surface area contributed by atoms with Crippen molar-refractivity contribution in [3.8, 4) is 0 Å². The molecule has 104 valence electrons. The van der Waals surface area contributed by atoms with E-state index in [2.05, 4.69) is 22.2 Å². The SMILES string of the molecule is CCC1CCC(C(=O)NCc2cnc(C)nc2N)O1. The summed E-state index contributed by atoms with van der Waals surface area (Å²) in [5.41, 5.74) is 6.50. The first-order chi connectivity index (χ1) is 9.10. The van der Waals surface area contributed by atoms with Crippen LogP contribution < -0.4 is 11.1 Å². The van der Waals surface area contributed by atoms with Crippen LogP contribution >= 0.6 is 0 Å². The summed E-state index contributed by atoms with van der Waals surface area (Å²) in [4.78, 5) is 20.1.